The number of halogens is 2. The molecular formula is C20H23ClFN3O3S. The molecule has 1 amide bonds. The second-order valence-electron chi connectivity index (χ2n) is 7.11. The number of nitrogens with one attached hydrogen (secondary N) is 1. The molecule has 1 aliphatic rings. The molecule has 0 aliphatic carbocycles. The molecule has 0 saturated carbocycles. The van der Waals surface area contributed by atoms with Gasteiger partial charge >= 0.3 is 0 Å². The highest BCUT2D eigenvalue weighted by molar-refractivity contribution is 7.80. The van der Waals surface area contributed by atoms with E-state index in [0.29, 0.717) is 35.9 Å². The maximum atomic E-state index is 13.3. The number of rotatable bonds is 5. The van der Waals surface area contributed by atoms with Crippen LogP contribution in [-0.4, -0.2) is 50.1 Å². The lowest BCUT2D eigenvalue weighted by molar-refractivity contribution is 0.0406. The molecule has 29 heavy (non-hydrogen) atoms. The Morgan fingerprint density at radius 3 is 2.55 bits per heavy atom. The van der Waals surface area contributed by atoms with Gasteiger partial charge in [-0.3, -0.25) is 19.0 Å². The quantitative estimate of drug-likeness (QED) is 0.692. The number of piperazine rings is 1. The summed E-state index contributed by atoms with van der Waals surface area (Å²) in [5.41, 5.74) is 1.85. The predicted molar refractivity (Wildman–Crippen MR) is 113 cm³/mol. The lowest BCUT2D eigenvalue weighted by Gasteiger charge is -2.42. The van der Waals surface area contributed by atoms with E-state index in [-0.39, 0.29) is 23.8 Å². The maximum absolute atomic E-state index is 13.3. The van der Waals surface area contributed by atoms with Crippen molar-refractivity contribution >= 4 is 34.5 Å². The van der Waals surface area contributed by atoms with Crippen LogP contribution in [0.3, 0.4) is 0 Å². The van der Waals surface area contributed by atoms with Crippen LogP contribution >= 0.6 is 11.6 Å². The minimum absolute atomic E-state index is 0.00696. The molecule has 2 aromatic rings. The fraction of sp³-hybridized carbons (Fsp3) is 0.350. The van der Waals surface area contributed by atoms with Crippen LogP contribution in [0.2, 0.25) is 5.02 Å². The average molecular weight is 440 g/mol. The smallest absolute Gasteiger partial charge is 0.259 e. The summed E-state index contributed by atoms with van der Waals surface area (Å²) in [5, 5.41) is 0.404. The summed E-state index contributed by atoms with van der Waals surface area (Å²) in [7, 11) is 0. The highest BCUT2D eigenvalue weighted by Gasteiger charge is 2.31. The van der Waals surface area contributed by atoms with Gasteiger partial charge in [0.1, 0.15) is 5.82 Å². The van der Waals surface area contributed by atoms with Gasteiger partial charge in [0.25, 0.3) is 17.2 Å². The van der Waals surface area contributed by atoms with Crippen molar-refractivity contribution in [1.29, 1.82) is 0 Å². The number of nitrogens with zero attached hydrogens (tertiary/aromatic N) is 2. The Morgan fingerprint density at radius 1 is 1.28 bits per heavy atom. The van der Waals surface area contributed by atoms with Gasteiger partial charge in [0.05, 0.1) is 0 Å². The highest BCUT2D eigenvalue weighted by atomic mass is 35.5. The maximum Gasteiger partial charge on any atom is 0.259 e. The third kappa shape index (κ3) is 5.14. The summed E-state index contributed by atoms with van der Waals surface area (Å²) < 4.78 is 35.3. The molecule has 1 saturated heterocycles. The second-order valence-corrected chi connectivity index (χ2v) is 8.22. The monoisotopic (exact) mass is 439 g/mol. The normalized spacial score (nSPS) is 19.6. The molecule has 3 unspecified atom stereocenters. The van der Waals surface area contributed by atoms with E-state index < -0.39 is 11.3 Å². The Hall–Kier alpha value is -2.00. The van der Waals surface area contributed by atoms with Crippen LogP contribution < -0.4 is 4.72 Å². The molecule has 0 spiro atoms. The van der Waals surface area contributed by atoms with Crippen LogP contribution in [0, 0.1) is 5.82 Å². The van der Waals surface area contributed by atoms with E-state index in [1.165, 1.54) is 12.1 Å². The summed E-state index contributed by atoms with van der Waals surface area (Å²) in [6, 6.07) is 10.9. The largest absolute Gasteiger partial charge is 0.333 e. The van der Waals surface area contributed by atoms with Crippen LogP contribution in [0.25, 0.3) is 0 Å². The summed E-state index contributed by atoms with van der Waals surface area (Å²) in [5.74, 6) is -0.442. The van der Waals surface area contributed by atoms with E-state index in [1.807, 2.05) is 18.7 Å². The van der Waals surface area contributed by atoms with Crippen LogP contribution in [0.4, 0.5) is 10.1 Å². The Kier molecular flexibility index (Phi) is 6.89. The zero-order chi connectivity index (χ0) is 21.1. The van der Waals surface area contributed by atoms with E-state index in [4.69, 9.17) is 16.2 Å². The van der Waals surface area contributed by atoms with Crippen LogP contribution in [0.15, 0.2) is 42.5 Å². The predicted octanol–water partition coefficient (Wildman–Crippen LogP) is 3.94. The topological polar surface area (TPSA) is 72.9 Å². The molecule has 0 aromatic heterocycles. The number of anilines is 1. The lowest BCUT2D eigenvalue weighted by atomic mass is 10.0. The molecular weight excluding hydrogens is 417 g/mol. The van der Waals surface area contributed by atoms with Crippen molar-refractivity contribution in [3.05, 3.63) is 64.4 Å². The van der Waals surface area contributed by atoms with Crippen molar-refractivity contribution in [3.8, 4) is 0 Å². The van der Waals surface area contributed by atoms with Gasteiger partial charge in [-0.05, 0) is 55.8 Å². The van der Waals surface area contributed by atoms with Crippen molar-refractivity contribution in [2.24, 2.45) is 0 Å². The van der Waals surface area contributed by atoms with Gasteiger partial charge in [0, 0.05) is 48.0 Å². The number of carbonyl (C=O) groups excluding carboxylic acids is 1. The zero-order valence-corrected chi connectivity index (χ0v) is 17.7. The van der Waals surface area contributed by atoms with Crippen molar-refractivity contribution in [2.75, 3.05) is 24.4 Å². The van der Waals surface area contributed by atoms with Gasteiger partial charge in [-0.1, -0.05) is 17.7 Å². The second kappa shape index (κ2) is 9.21. The molecule has 0 bridgehead atoms. The SMILES string of the molecule is CC(c1ccc(F)cc1Cl)N1CCN(C(=O)c2ccc(NS(=O)O)cc2)C(C)C1. The Labute approximate surface area is 177 Å². The van der Waals surface area contributed by atoms with E-state index >= 15 is 0 Å². The summed E-state index contributed by atoms with van der Waals surface area (Å²) >= 11 is 4.06. The third-order valence-corrected chi connectivity index (χ3v) is 5.95. The van der Waals surface area contributed by atoms with E-state index in [1.54, 1.807) is 30.3 Å². The number of benzene rings is 2. The van der Waals surface area contributed by atoms with E-state index in [2.05, 4.69) is 9.62 Å². The van der Waals surface area contributed by atoms with Crippen LogP contribution in [0.5, 0.6) is 0 Å². The van der Waals surface area contributed by atoms with Gasteiger partial charge in [-0.2, -0.15) is 0 Å². The molecule has 2 aromatic carbocycles. The molecule has 156 valence electrons. The fourth-order valence-electron chi connectivity index (χ4n) is 3.62. The van der Waals surface area contributed by atoms with Crippen molar-refractivity contribution in [3.63, 3.8) is 0 Å². The van der Waals surface area contributed by atoms with Crippen LogP contribution in [0.1, 0.15) is 35.8 Å². The molecule has 2 N–H and O–H groups in total. The Morgan fingerprint density at radius 2 is 1.97 bits per heavy atom. The Bertz CT molecular complexity index is 912. The van der Waals surface area contributed by atoms with E-state index in [9.17, 15) is 13.4 Å². The van der Waals surface area contributed by atoms with Gasteiger partial charge in [0.15, 0.2) is 0 Å². The molecule has 1 heterocycles. The van der Waals surface area contributed by atoms with Gasteiger partial charge in [0.2, 0.25) is 0 Å². The number of amides is 1. The molecule has 6 nitrogen and oxygen atoms in total. The van der Waals surface area contributed by atoms with Gasteiger partial charge < -0.3 is 4.90 Å². The first-order valence-corrected chi connectivity index (χ1v) is 10.7. The first kappa shape index (κ1) is 21.7. The standard InChI is InChI=1S/C20H23ClFN3O3S/c1-13-12-24(14(2)18-8-5-16(22)11-19(18)21)9-10-25(13)20(26)15-3-6-17(7-4-15)23-29(27)28/h3-8,11,13-14,23H,9-10,12H2,1-2H3,(H,27,28). The third-order valence-electron chi connectivity index (χ3n) is 5.22. The number of carbonyl (C=O) groups is 1. The van der Waals surface area contributed by atoms with Gasteiger partial charge in [-0.15, -0.1) is 0 Å². The highest BCUT2D eigenvalue weighted by Crippen LogP contribution is 2.30. The molecule has 0 radical (unpaired) electrons. The zero-order valence-electron chi connectivity index (χ0n) is 16.1. The van der Waals surface area contributed by atoms with Crippen molar-refractivity contribution in [1.82, 2.24) is 9.80 Å². The minimum atomic E-state index is -2.15. The summed E-state index contributed by atoms with van der Waals surface area (Å²) in [6.45, 7) is 5.93. The Balaban J connectivity index is 1.66. The lowest BCUT2D eigenvalue weighted by Crippen LogP contribution is -2.54. The average Bonchev–Trinajstić information content (AvgIpc) is 2.67. The summed E-state index contributed by atoms with van der Waals surface area (Å²) in [4.78, 5) is 17.0. The molecule has 1 aliphatic heterocycles. The minimum Gasteiger partial charge on any atom is -0.333 e. The fourth-order valence-corrected chi connectivity index (χ4v) is 4.29. The molecule has 3 atom stereocenters. The van der Waals surface area contributed by atoms with Gasteiger partial charge in [-0.25, -0.2) is 8.60 Å². The molecule has 1 fully saturated rings. The van der Waals surface area contributed by atoms with Crippen molar-refractivity contribution < 1.29 is 17.9 Å². The van der Waals surface area contributed by atoms with Crippen LogP contribution in [-0.2, 0) is 11.3 Å². The summed E-state index contributed by atoms with van der Waals surface area (Å²) in [6.07, 6.45) is 0. The first-order valence-electron chi connectivity index (χ1n) is 9.24. The molecule has 9 heteroatoms. The number of hydrogen-bond donors (Lipinski definition) is 2. The molecule has 3 rings (SSSR count). The first-order chi connectivity index (χ1) is 13.8. The van der Waals surface area contributed by atoms with E-state index in [0.717, 1.165) is 5.56 Å². The number of hydrogen-bond acceptors (Lipinski definition) is 3. The van der Waals surface area contributed by atoms with Crippen molar-refractivity contribution in [2.45, 2.75) is 25.9 Å².